The summed E-state index contributed by atoms with van der Waals surface area (Å²) >= 11 is 5.82. The maximum Gasteiger partial charge on any atom is 0.156 e. The highest BCUT2D eigenvalue weighted by Crippen LogP contribution is 2.41. The van der Waals surface area contributed by atoms with Crippen LogP contribution < -0.4 is 0 Å². The Balaban J connectivity index is 1.98. The van der Waals surface area contributed by atoms with Gasteiger partial charge in [0.05, 0.1) is 5.02 Å². The van der Waals surface area contributed by atoms with Crippen molar-refractivity contribution in [3.8, 4) is 11.5 Å². The summed E-state index contributed by atoms with van der Waals surface area (Å²) in [6, 6.07) is 8.86. The van der Waals surface area contributed by atoms with Gasteiger partial charge in [0, 0.05) is 12.0 Å². The number of aromatic hydroxyl groups is 2. The van der Waals surface area contributed by atoms with E-state index < -0.39 is 5.82 Å². The number of phenolic OH excluding ortho intramolecular Hbond substituents is 2. The smallest absolute Gasteiger partial charge is 0.156 e. The third kappa shape index (κ3) is 3.22. The number of rotatable bonds is 2. The van der Waals surface area contributed by atoms with Gasteiger partial charge in [0.2, 0.25) is 0 Å². The fraction of sp³-hybridized carbons (Fsp3) is 0.167. The first-order valence-corrected chi connectivity index (χ1v) is 7.52. The van der Waals surface area contributed by atoms with Crippen molar-refractivity contribution in [2.75, 3.05) is 0 Å². The predicted molar refractivity (Wildman–Crippen MR) is 86.1 cm³/mol. The fourth-order valence-electron chi connectivity index (χ4n) is 2.87. The summed E-state index contributed by atoms with van der Waals surface area (Å²) in [7, 11) is 0. The van der Waals surface area contributed by atoms with Gasteiger partial charge in [0.15, 0.2) is 5.78 Å². The lowest BCUT2D eigenvalue weighted by Gasteiger charge is -2.23. The maximum atomic E-state index is 13.6. The molecule has 0 saturated carbocycles. The summed E-state index contributed by atoms with van der Waals surface area (Å²) in [4.78, 5) is 12.0. The van der Waals surface area contributed by atoms with E-state index in [0.717, 1.165) is 11.6 Å². The fourth-order valence-corrected chi connectivity index (χ4v) is 3.08. The summed E-state index contributed by atoms with van der Waals surface area (Å²) < 4.78 is 13.6. The Morgan fingerprint density at radius 1 is 1.09 bits per heavy atom. The Kier molecular flexibility index (Phi) is 4.09. The molecule has 2 aromatic rings. The molecule has 0 saturated heterocycles. The van der Waals surface area contributed by atoms with E-state index in [9.17, 15) is 19.4 Å². The van der Waals surface area contributed by atoms with Gasteiger partial charge in [-0.05, 0) is 53.8 Å². The van der Waals surface area contributed by atoms with Crippen molar-refractivity contribution >= 4 is 23.0 Å². The molecule has 0 aromatic heterocycles. The van der Waals surface area contributed by atoms with E-state index in [1.807, 2.05) is 0 Å². The van der Waals surface area contributed by atoms with Crippen molar-refractivity contribution in [1.82, 2.24) is 0 Å². The number of halogens is 2. The van der Waals surface area contributed by atoms with Crippen LogP contribution in [0.5, 0.6) is 11.5 Å². The second-order valence-corrected chi connectivity index (χ2v) is 6.02. The van der Waals surface area contributed by atoms with Crippen LogP contribution in [0.2, 0.25) is 5.02 Å². The zero-order valence-electron chi connectivity index (χ0n) is 12.1. The molecule has 3 nitrogen and oxygen atoms in total. The molecule has 23 heavy (non-hydrogen) atoms. The van der Waals surface area contributed by atoms with Gasteiger partial charge in [-0.15, -0.1) is 0 Å². The average Bonchev–Trinajstić information content (AvgIpc) is 2.51. The van der Waals surface area contributed by atoms with Crippen molar-refractivity contribution in [1.29, 1.82) is 0 Å². The van der Waals surface area contributed by atoms with E-state index in [1.54, 1.807) is 24.3 Å². The average molecular weight is 333 g/mol. The third-order valence-electron chi connectivity index (χ3n) is 3.99. The van der Waals surface area contributed by atoms with Crippen molar-refractivity contribution in [3.05, 3.63) is 64.4 Å². The lowest BCUT2D eigenvalue weighted by Crippen LogP contribution is -2.12. The lowest BCUT2D eigenvalue weighted by atomic mass is 9.81. The minimum Gasteiger partial charge on any atom is -0.508 e. The largest absolute Gasteiger partial charge is 0.508 e. The molecule has 3 rings (SSSR count). The summed E-state index contributed by atoms with van der Waals surface area (Å²) in [6.45, 7) is 0. The minimum atomic E-state index is -0.567. The summed E-state index contributed by atoms with van der Waals surface area (Å²) in [5.74, 6) is -0.823. The first kappa shape index (κ1) is 15.6. The standard InChI is InChI=1S/C18H14ClFO3/c19-17-9-13(20)8-16(18(17)23)12-5-11(6-15(22)7-12)10-1-3-14(21)4-2-10/h1-4,7-9,11,21,23H,5-6H2. The second kappa shape index (κ2) is 6.05. The van der Waals surface area contributed by atoms with Crippen molar-refractivity contribution in [3.63, 3.8) is 0 Å². The number of ketones is 1. The van der Waals surface area contributed by atoms with Gasteiger partial charge in [-0.3, -0.25) is 4.79 Å². The van der Waals surface area contributed by atoms with Crippen LogP contribution in [-0.4, -0.2) is 16.0 Å². The summed E-state index contributed by atoms with van der Waals surface area (Å²) in [5, 5.41) is 19.4. The van der Waals surface area contributed by atoms with Crippen LogP contribution in [0, 0.1) is 5.82 Å². The molecule has 1 aliphatic rings. The van der Waals surface area contributed by atoms with E-state index in [1.165, 1.54) is 12.1 Å². The summed E-state index contributed by atoms with van der Waals surface area (Å²) in [6.07, 6.45) is 2.24. The molecule has 1 atom stereocenters. The van der Waals surface area contributed by atoms with Gasteiger partial charge < -0.3 is 10.2 Å². The molecular formula is C18H14ClFO3. The van der Waals surface area contributed by atoms with Gasteiger partial charge >= 0.3 is 0 Å². The highest BCUT2D eigenvalue weighted by molar-refractivity contribution is 6.32. The Hall–Kier alpha value is -2.33. The Bertz CT molecular complexity index is 797. The van der Waals surface area contributed by atoms with Crippen LogP contribution in [0.1, 0.15) is 29.9 Å². The lowest BCUT2D eigenvalue weighted by molar-refractivity contribution is -0.115. The predicted octanol–water partition coefficient (Wildman–Crippen LogP) is 4.42. The number of hydrogen-bond acceptors (Lipinski definition) is 3. The van der Waals surface area contributed by atoms with Crippen molar-refractivity contribution < 1.29 is 19.4 Å². The van der Waals surface area contributed by atoms with Crippen LogP contribution in [-0.2, 0) is 4.79 Å². The first-order valence-electron chi connectivity index (χ1n) is 7.14. The molecule has 0 heterocycles. The molecule has 2 aromatic carbocycles. The van der Waals surface area contributed by atoms with Gasteiger partial charge in [-0.1, -0.05) is 23.7 Å². The zero-order chi connectivity index (χ0) is 16.6. The molecule has 5 heteroatoms. The molecule has 0 aliphatic heterocycles. The van der Waals surface area contributed by atoms with E-state index in [2.05, 4.69) is 0 Å². The number of allylic oxidation sites excluding steroid dienone is 2. The van der Waals surface area contributed by atoms with Gasteiger partial charge in [-0.25, -0.2) is 4.39 Å². The van der Waals surface area contributed by atoms with E-state index in [0.29, 0.717) is 18.4 Å². The molecule has 0 bridgehead atoms. The molecule has 1 unspecified atom stereocenters. The first-order chi connectivity index (χ1) is 10.9. The Morgan fingerprint density at radius 3 is 2.48 bits per heavy atom. The zero-order valence-corrected chi connectivity index (χ0v) is 12.8. The Morgan fingerprint density at radius 2 is 1.78 bits per heavy atom. The molecule has 2 N–H and O–H groups in total. The number of phenols is 2. The minimum absolute atomic E-state index is 0.0832. The number of hydrogen-bond donors (Lipinski definition) is 2. The molecular weight excluding hydrogens is 319 g/mol. The normalized spacial score (nSPS) is 17.9. The molecule has 1 aliphatic carbocycles. The third-order valence-corrected chi connectivity index (χ3v) is 4.28. The number of benzene rings is 2. The monoisotopic (exact) mass is 332 g/mol. The van der Waals surface area contributed by atoms with E-state index >= 15 is 0 Å². The van der Waals surface area contributed by atoms with E-state index in [4.69, 9.17) is 11.6 Å². The SMILES string of the molecule is O=C1C=C(c2cc(F)cc(Cl)c2O)CC(c2ccc(O)cc2)C1. The Labute approximate surface area is 137 Å². The number of carbonyl (C=O) groups is 1. The van der Waals surface area contributed by atoms with E-state index in [-0.39, 0.29) is 33.8 Å². The highest BCUT2D eigenvalue weighted by atomic mass is 35.5. The van der Waals surface area contributed by atoms with Crippen molar-refractivity contribution in [2.24, 2.45) is 0 Å². The molecule has 0 amide bonds. The van der Waals surface area contributed by atoms with Gasteiger partial charge in [0.25, 0.3) is 0 Å². The van der Waals surface area contributed by atoms with Crippen LogP contribution in [0.4, 0.5) is 4.39 Å². The van der Waals surface area contributed by atoms with Crippen LogP contribution in [0.15, 0.2) is 42.5 Å². The van der Waals surface area contributed by atoms with Gasteiger partial charge in [0.1, 0.15) is 17.3 Å². The van der Waals surface area contributed by atoms with Crippen molar-refractivity contribution in [2.45, 2.75) is 18.8 Å². The molecule has 118 valence electrons. The topological polar surface area (TPSA) is 57.5 Å². The van der Waals surface area contributed by atoms with Crippen LogP contribution >= 0.6 is 11.6 Å². The van der Waals surface area contributed by atoms with Crippen LogP contribution in [0.3, 0.4) is 0 Å². The van der Waals surface area contributed by atoms with Crippen LogP contribution in [0.25, 0.3) is 5.57 Å². The molecule has 0 spiro atoms. The quantitative estimate of drug-likeness (QED) is 0.855. The molecule has 0 radical (unpaired) electrons. The molecule has 0 fully saturated rings. The number of carbonyl (C=O) groups excluding carboxylic acids is 1. The summed E-state index contributed by atoms with van der Waals surface area (Å²) in [5.41, 5.74) is 1.70. The van der Waals surface area contributed by atoms with Gasteiger partial charge in [-0.2, -0.15) is 0 Å². The maximum absolute atomic E-state index is 13.6. The highest BCUT2D eigenvalue weighted by Gasteiger charge is 2.25. The second-order valence-electron chi connectivity index (χ2n) is 5.62.